The number of nitrogens with zero attached hydrogens (tertiary/aromatic N) is 3. The molecule has 0 saturated carbocycles. The van der Waals surface area contributed by atoms with Gasteiger partial charge in [-0.05, 0) is 29.0 Å². The van der Waals surface area contributed by atoms with Crippen LogP contribution in [0.2, 0.25) is 0 Å². The van der Waals surface area contributed by atoms with E-state index in [1.54, 1.807) is 30.3 Å². The van der Waals surface area contributed by atoms with Crippen LogP contribution in [0.4, 0.5) is 23.0 Å². The normalized spacial score (nSPS) is 11.8. The van der Waals surface area contributed by atoms with Gasteiger partial charge in [-0.2, -0.15) is 0 Å². The molecule has 0 atom stereocenters. The number of nitro groups is 1. The molecule has 5 rings (SSSR count). The van der Waals surface area contributed by atoms with E-state index in [1.165, 1.54) is 0 Å². The van der Waals surface area contributed by atoms with E-state index in [1.807, 2.05) is 30.3 Å². The lowest BCUT2D eigenvalue weighted by atomic mass is 10.0. The Kier molecular flexibility index (Phi) is 5.03. The lowest BCUT2D eigenvalue weighted by Crippen LogP contribution is -2.30. The first kappa shape index (κ1) is 20.0. The van der Waals surface area contributed by atoms with Crippen LogP contribution in [0.15, 0.2) is 67.0 Å². The van der Waals surface area contributed by atoms with Crippen molar-refractivity contribution in [2.45, 2.75) is 0 Å². The van der Waals surface area contributed by atoms with Crippen molar-refractivity contribution in [3.05, 3.63) is 82.7 Å². The molecule has 1 aliphatic rings. The quantitative estimate of drug-likeness (QED) is 0.299. The molecule has 3 aromatic carbocycles. The molecule has 0 unspecified atom stereocenters. The van der Waals surface area contributed by atoms with E-state index < -0.39 is 16.5 Å². The first-order valence-corrected chi connectivity index (χ1v) is 9.80. The molecule has 1 aliphatic heterocycles. The second kappa shape index (κ2) is 8.30. The number of hydrazine groups is 1. The standard InChI is InChI=1S/C22H16N6O5/c29-22(16-7-3-5-13-4-1-2-6-15(13)16)27-26-21-19(28(30)31)20(23-11-24-21)25-14-8-9-17-18(10-14)33-12-32-17/h1-11H,12H2,(H,27,29)(H2,23,24,25,26). The van der Waals surface area contributed by atoms with Crippen molar-refractivity contribution in [1.29, 1.82) is 0 Å². The summed E-state index contributed by atoms with van der Waals surface area (Å²) in [6, 6.07) is 17.7. The zero-order chi connectivity index (χ0) is 22.8. The highest BCUT2D eigenvalue weighted by molar-refractivity contribution is 6.07. The fourth-order valence-corrected chi connectivity index (χ4v) is 3.45. The van der Waals surface area contributed by atoms with E-state index >= 15 is 0 Å². The summed E-state index contributed by atoms with van der Waals surface area (Å²) < 4.78 is 10.6. The maximum Gasteiger partial charge on any atom is 0.355 e. The van der Waals surface area contributed by atoms with Crippen LogP contribution in [0.25, 0.3) is 10.8 Å². The predicted molar refractivity (Wildman–Crippen MR) is 120 cm³/mol. The molecule has 11 nitrogen and oxygen atoms in total. The Bertz CT molecular complexity index is 1390. The van der Waals surface area contributed by atoms with Crippen LogP contribution in [-0.2, 0) is 0 Å². The Morgan fingerprint density at radius 3 is 2.64 bits per heavy atom. The molecule has 2 heterocycles. The number of aromatic nitrogens is 2. The van der Waals surface area contributed by atoms with Gasteiger partial charge in [-0.25, -0.2) is 9.97 Å². The lowest BCUT2D eigenvalue weighted by molar-refractivity contribution is -0.383. The zero-order valence-corrected chi connectivity index (χ0v) is 16.9. The summed E-state index contributed by atoms with van der Waals surface area (Å²) in [4.78, 5) is 31.8. The van der Waals surface area contributed by atoms with Crippen LogP contribution in [0.5, 0.6) is 11.5 Å². The minimum Gasteiger partial charge on any atom is -0.454 e. The predicted octanol–water partition coefficient (Wildman–Crippen LogP) is 3.77. The molecule has 1 amide bonds. The third-order valence-electron chi connectivity index (χ3n) is 4.97. The number of hydrogen-bond acceptors (Lipinski definition) is 9. The van der Waals surface area contributed by atoms with Crippen molar-refractivity contribution in [1.82, 2.24) is 15.4 Å². The molecule has 3 N–H and O–H groups in total. The number of ether oxygens (including phenoxy) is 2. The van der Waals surface area contributed by atoms with Gasteiger partial charge in [0.25, 0.3) is 5.91 Å². The number of carbonyl (C=O) groups excluding carboxylic acids is 1. The van der Waals surface area contributed by atoms with Crippen LogP contribution in [0.3, 0.4) is 0 Å². The molecule has 0 aliphatic carbocycles. The summed E-state index contributed by atoms with van der Waals surface area (Å²) in [6.07, 6.45) is 1.15. The summed E-state index contributed by atoms with van der Waals surface area (Å²) in [6.45, 7) is 0.108. The second-order valence-corrected chi connectivity index (χ2v) is 6.98. The number of hydrogen-bond donors (Lipinski definition) is 3. The molecule has 0 saturated heterocycles. The molecule has 0 fully saturated rings. The monoisotopic (exact) mass is 444 g/mol. The smallest absolute Gasteiger partial charge is 0.355 e. The van der Waals surface area contributed by atoms with E-state index in [9.17, 15) is 14.9 Å². The van der Waals surface area contributed by atoms with Crippen molar-refractivity contribution in [2.24, 2.45) is 0 Å². The Morgan fingerprint density at radius 2 is 1.76 bits per heavy atom. The number of carbonyl (C=O) groups is 1. The van der Waals surface area contributed by atoms with Gasteiger partial charge in [0.05, 0.1) is 4.92 Å². The molecule has 4 aromatic rings. The van der Waals surface area contributed by atoms with Gasteiger partial charge < -0.3 is 14.8 Å². The highest BCUT2D eigenvalue weighted by Gasteiger charge is 2.24. The summed E-state index contributed by atoms with van der Waals surface area (Å²) >= 11 is 0. The van der Waals surface area contributed by atoms with Gasteiger partial charge >= 0.3 is 5.69 Å². The second-order valence-electron chi connectivity index (χ2n) is 6.98. The third kappa shape index (κ3) is 3.90. The van der Waals surface area contributed by atoms with Crippen LogP contribution in [-0.4, -0.2) is 27.6 Å². The maximum absolute atomic E-state index is 12.8. The van der Waals surface area contributed by atoms with Crippen LogP contribution in [0.1, 0.15) is 10.4 Å². The van der Waals surface area contributed by atoms with Crippen LogP contribution >= 0.6 is 0 Å². The van der Waals surface area contributed by atoms with Crippen molar-refractivity contribution in [3.8, 4) is 11.5 Å². The van der Waals surface area contributed by atoms with Crippen molar-refractivity contribution in [2.75, 3.05) is 17.5 Å². The number of nitrogens with one attached hydrogen (secondary N) is 3. The Labute approximate surface area is 186 Å². The molecule has 1 aromatic heterocycles. The SMILES string of the molecule is O=C(NNc1ncnc(Nc2ccc3c(c2)OCO3)c1[N+](=O)[O-])c1cccc2ccccc12. The van der Waals surface area contributed by atoms with Gasteiger partial charge in [0.1, 0.15) is 6.33 Å². The summed E-state index contributed by atoms with van der Waals surface area (Å²) in [5.74, 6) is 0.390. The van der Waals surface area contributed by atoms with E-state index in [2.05, 4.69) is 26.1 Å². The molecule has 0 bridgehead atoms. The Balaban J connectivity index is 1.39. The molecule has 164 valence electrons. The highest BCUT2D eigenvalue weighted by Crippen LogP contribution is 2.37. The van der Waals surface area contributed by atoms with Crippen molar-refractivity contribution < 1.29 is 19.2 Å². The van der Waals surface area contributed by atoms with E-state index in [4.69, 9.17) is 9.47 Å². The fraction of sp³-hybridized carbons (Fsp3) is 0.0455. The first-order chi connectivity index (χ1) is 16.1. The number of fused-ring (bicyclic) bond motifs is 2. The summed E-state index contributed by atoms with van der Waals surface area (Å²) in [5.41, 5.74) is 5.51. The summed E-state index contributed by atoms with van der Waals surface area (Å²) in [5, 5.41) is 16.3. The highest BCUT2D eigenvalue weighted by atomic mass is 16.7. The van der Waals surface area contributed by atoms with Crippen molar-refractivity contribution >= 4 is 39.7 Å². The lowest BCUT2D eigenvalue weighted by Gasteiger charge is -2.12. The van der Waals surface area contributed by atoms with Crippen LogP contribution in [0, 0.1) is 10.1 Å². The van der Waals surface area contributed by atoms with Crippen LogP contribution < -0.4 is 25.6 Å². The maximum atomic E-state index is 12.8. The van der Waals surface area contributed by atoms with Crippen molar-refractivity contribution in [3.63, 3.8) is 0 Å². The number of amides is 1. The van der Waals surface area contributed by atoms with Gasteiger partial charge in [-0.15, -0.1) is 0 Å². The third-order valence-corrected chi connectivity index (χ3v) is 4.97. The average Bonchev–Trinajstić information content (AvgIpc) is 3.30. The fourth-order valence-electron chi connectivity index (χ4n) is 3.45. The minimum atomic E-state index is -0.637. The largest absolute Gasteiger partial charge is 0.454 e. The minimum absolute atomic E-state index is 0.0595. The van der Waals surface area contributed by atoms with E-state index in [-0.39, 0.29) is 18.4 Å². The van der Waals surface area contributed by atoms with Gasteiger partial charge in [-0.3, -0.25) is 25.8 Å². The number of rotatable bonds is 6. The molecule has 11 heteroatoms. The molecular formula is C22H16N6O5. The van der Waals surface area contributed by atoms with Gasteiger partial charge in [0, 0.05) is 17.3 Å². The molecule has 0 spiro atoms. The molecular weight excluding hydrogens is 428 g/mol. The Hall–Kier alpha value is -4.93. The Morgan fingerprint density at radius 1 is 0.970 bits per heavy atom. The van der Waals surface area contributed by atoms with Gasteiger partial charge in [0.15, 0.2) is 11.5 Å². The number of anilines is 3. The van der Waals surface area contributed by atoms with Gasteiger partial charge in [0.2, 0.25) is 18.4 Å². The summed E-state index contributed by atoms with van der Waals surface area (Å²) in [7, 11) is 0. The molecule has 33 heavy (non-hydrogen) atoms. The number of benzene rings is 3. The van der Waals surface area contributed by atoms with E-state index in [0.29, 0.717) is 22.7 Å². The topological polar surface area (TPSA) is 141 Å². The zero-order valence-electron chi connectivity index (χ0n) is 16.9. The average molecular weight is 444 g/mol. The first-order valence-electron chi connectivity index (χ1n) is 9.80. The molecule has 0 radical (unpaired) electrons. The van der Waals surface area contributed by atoms with E-state index in [0.717, 1.165) is 17.1 Å². The van der Waals surface area contributed by atoms with Gasteiger partial charge in [-0.1, -0.05) is 36.4 Å².